The number of furan rings is 1. The van der Waals surface area contributed by atoms with Crippen molar-refractivity contribution in [3.8, 4) is 0 Å². The molecule has 0 spiro atoms. The highest BCUT2D eigenvalue weighted by atomic mass is 19.2. The average Bonchev–Trinajstić information content (AvgIpc) is 3.17. The monoisotopic (exact) mass is 361 g/mol. The maximum Gasteiger partial charge on any atom is 0.294 e. The number of anilines is 1. The molecule has 0 radical (unpaired) electrons. The molecule has 5 nitrogen and oxygen atoms in total. The Morgan fingerprint density at radius 3 is 2.58 bits per heavy atom. The summed E-state index contributed by atoms with van der Waals surface area (Å²) in [6, 6.07) is 4.99. The lowest BCUT2D eigenvalue weighted by molar-refractivity contribution is -0.118. The number of hydrogen-bond donors (Lipinski definition) is 1. The number of carbonyl (C=O) groups is 2. The summed E-state index contributed by atoms with van der Waals surface area (Å²) in [6.45, 7) is 3.67. The number of Topliss-reactive ketones (excluding diaryl/α,β-unsaturated/α-hetero) is 1. The van der Waals surface area contributed by atoms with E-state index in [1.807, 2.05) is 13.8 Å². The first-order valence-corrected chi connectivity index (χ1v) is 8.09. The molecule has 1 N–H and O–H groups in total. The predicted molar refractivity (Wildman–Crippen MR) is 89.4 cm³/mol. The Morgan fingerprint density at radius 1 is 1.27 bits per heavy atom. The van der Waals surface area contributed by atoms with Crippen molar-refractivity contribution in [2.45, 2.75) is 26.3 Å². The lowest BCUT2D eigenvalue weighted by Crippen LogP contribution is -2.31. The van der Waals surface area contributed by atoms with Crippen LogP contribution in [-0.4, -0.2) is 16.8 Å². The summed E-state index contributed by atoms with van der Waals surface area (Å²) in [5.41, 5.74) is -0.0995. The Hall–Kier alpha value is -2.96. The van der Waals surface area contributed by atoms with E-state index in [1.54, 1.807) is 12.1 Å². The third-order valence-electron chi connectivity index (χ3n) is 4.10. The van der Waals surface area contributed by atoms with Gasteiger partial charge in [0.1, 0.15) is 11.8 Å². The molecule has 3 rings (SSSR count). The van der Waals surface area contributed by atoms with Crippen molar-refractivity contribution in [1.82, 2.24) is 0 Å². The van der Waals surface area contributed by atoms with Crippen molar-refractivity contribution >= 4 is 17.4 Å². The molecule has 2 aromatic rings. The van der Waals surface area contributed by atoms with Crippen LogP contribution >= 0.6 is 0 Å². The fraction of sp³-hybridized carbons (Fsp3) is 0.263. The fourth-order valence-electron chi connectivity index (χ4n) is 2.99. The van der Waals surface area contributed by atoms with Crippen LogP contribution in [0.3, 0.4) is 0 Å². The SMILES string of the molecule is CC(C)CC(=O)C1=C(O)C(=O)N(c2ccc(F)c(F)c2)C1c1ccco1. The Bertz CT molecular complexity index is 887. The summed E-state index contributed by atoms with van der Waals surface area (Å²) in [5.74, 6) is -3.95. The smallest absolute Gasteiger partial charge is 0.294 e. The summed E-state index contributed by atoms with van der Waals surface area (Å²) in [7, 11) is 0. The molecule has 7 heteroatoms. The number of ketones is 1. The highest BCUT2D eigenvalue weighted by Gasteiger charge is 2.45. The highest BCUT2D eigenvalue weighted by molar-refractivity contribution is 6.16. The zero-order valence-electron chi connectivity index (χ0n) is 14.2. The van der Waals surface area contributed by atoms with Gasteiger partial charge in [0.2, 0.25) is 0 Å². The van der Waals surface area contributed by atoms with Crippen LogP contribution in [0, 0.1) is 17.6 Å². The van der Waals surface area contributed by atoms with Gasteiger partial charge in [0.05, 0.1) is 11.8 Å². The highest BCUT2D eigenvalue weighted by Crippen LogP contribution is 2.42. The summed E-state index contributed by atoms with van der Waals surface area (Å²) >= 11 is 0. The Morgan fingerprint density at radius 2 is 2.00 bits per heavy atom. The van der Waals surface area contributed by atoms with Crippen LogP contribution in [0.1, 0.15) is 32.1 Å². The molecule has 0 saturated carbocycles. The first-order valence-electron chi connectivity index (χ1n) is 8.09. The van der Waals surface area contributed by atoms with Crippen molar-refractivity contribution in [2.75, 3.05) is 4.90 Å². The third kappa shape index (κ3) is 3.00. The molecule has 2 heterocycles. The second kappa shape index (κ2) is 6.74. The van der Waals surface area contributed by atoms with Crippen molar-refractivity contribution in [3.63, 3.8) is 0 Å². The molecule has 1 aromatic carbocycles. The standard InChI is InChI=1S/C19H17F2NO4/c1-10(2)8-14(23)16-17(15-4-3-7-26-15)22(19(25)18(16)24)11-5-6-12(20)13(21)9-11/h3-7,9-10,17,24H,8H2,1-2H3. The van der Waals surface area contributed by atoms with Crippen molar-refractivity contribution in [3.05, 3.63) is 65.3 Å². The van der Waals surface area contributed by atoms with E-state index in [4.69, 9.17) is 4.42 Å². The lowest BCUT2D eigenvalue weighted by Gasteiger charge is -2.25. The van der Waals surface area contributed by atoms with Gasteiger partial charge in [-0.3, -0.25) is 14.5 Å². The molecule has 1 aromatic heterocycles. The quantitative estimate of drug-likeness (QED) is 0.871. The lowest BCUT2D eigenvalue weighted by atomic mass is 9.95. The molecule has 26 heavy (non-hydrogen) atoms. The van der Waals surface area contributed by atoms with Crippen LogP contribution in [0.15, 0.2) is 52.3 Å². The van der Waals surface area contributed by atoms with E-state index in [1.165, 1.54) is 12.3 Å². The molecule has 0 fully saturated rings. The van der Waals surface area contributed by atoms with Crippen molar-refractivity contribution in [2.24, 2.45) is 5.92 Å². The number of aliphatic hydroxyl groups is 1. The van der Waals surface area contributed by atoms with Gasteiger partial charge in [0.15, 0.2) is 23.2 Å². The summed E-state index contributed by atoms with van der Waals surface area (Å²) in [4.78, 5) is 26.3. The summed E-state index contributed by atoms with van der Waals surface area (Å²) in [6.07, 6.45) is 1.48. The molecule has 0 saturated heterocycles. The van der Waals surface area contributed by atoms with Gasteiger partial charge in [-0.05, 0) is 30.2 Å². The molecule has 0 bridgehead atoms. The maximum atomic E-state index is 13.7. The minimum atomic E-state index is -1.14. The van der Waals surface area contributed by atoms with Crippen LogP contribution in [0.2, 0.25) is 0 Å². The first kappa shape index (κ1) is 17.8. The van der Waals surface area contributed by atoms with Gasteiger partial charge in [0.25, 0.3) is 5.91 Å². The molecule has 1 aliphatic rings. The molecule has 1 atom stereocenters. The predicted octanol–water partition coefficient (Wildman–Crippen LogP) is 4.07. The molecule has 136 valence electrons. The van der Waals surface area contributed by atoms with Crippen molar-refractivity contribution < 1.29 is 27.9 Å². The average molecular weight is 361 g/mol. The minimum Gasteiger partial charge on any atom is -0.503 e. The third-order valence-corrected chi connectivity index (χ3v) is 4.10. The van der Waals surface area contributed by atoms with Crippen LogP contribution in [-0.2, 0) is 9.59 Å². The Labute approximate surface area is 148 Å². The second-order valence-electron chi connectivity index (χ2n) is 6.47. The van der Waals surface area contributed by atoms with E-state index in [0.29, 0.717) is 0 Å². The number of carbonyl (C=O) groups excluding carboxylic acids is 2. The van der Waals surface area contributed by atoms with E-state index in [2.05, 4.69) is 0 Å². The number of amides is 1. The molecular formula is C19H17F2NO4. The van der Waals surface area contributed by atoms with Crippen LogP contribution in [0.5, 0.6) is 0 Å². The molecule has 0 aliphatic carbocycles. The number of aliphatic hydroxyl groups excluding tert-OH is 1. The number of halogens is 2. The summed E-state index contributed by atoms with van der Waals surface area (Å²) in [5, 5.41) is 10.3. The van der Waals surface area contributed by atoms with E-state index in [-0.39, 0.29) is 29.4 Å². The Kier molecular flexibility index (Phi) is 4.63. The van der Waals surface area contributed by atoms with Gasteiger partial charge < -0.3 is 9.52 Å². The zero-order valence-corrected chi connectivity index (χ0v) is 14.2. The van der Waals surface area contributed by atoms with Gasteiger partial charge in [-0.15, -0.1) is 0 Å². The Balaban J connectivity index is 2.12. The number of hydrogen-bond acceptors (Lipinski definition) is 4. The number of rotatable bonds is 5. The van der Waals surface area contributed by atoms with Gasteiger partial charge in [-0.25, -0.2) is 8.78 Å². The van der Waals surface area contributed by atoms with E-state index < -0.39 is 35.1 Å². The zero-order chi connectivity index (χ0) is 19.0. The van der Waals surface area contributed by atoms with E-state index in [0.717, 1.165) is 17.0 Å². The first-order chi connectivity index (χ1) is 12.3. The molecular weight excluding hydrogens is 344 g/mol. The number of benzene rings is 1. The van der Waals surface area contributed by atoms with Crippen LogP contribution in [0.25, 0.3) is 0 Å². The normalized spacial score (nSPS) is 17.5. The summed E-state index contributed by atoms with van der Waals surface area (Å²) < 4.78 is 32.3. The largest absolute Gasteiger partial charge is 0.503 e. The van der Waals surface area contributed by atoms with Gasteiger partial charge >= 0.3 is 0 Å². The topological polar surface area (TPSA) is 70.8 Å². The number of nitrogens with zero attached hydrogens (tertiary/aromatic N) is 1. The molecule has 1 amide bonds. The minimum absolute atomic E-state index is 0.00692. The van der Waals surface area contributed by atoms with Crippen molar-refractivity contribution in [1.29, 1.82) is 0 Å². The van der Waals surface area contributed by atoms with Crippen LogP contribution < -0.4 is 4.90 Å². The van der Waals surface area contributed by atoms with Gasteiger partial charge in [0, 0.05) is 18.2 Å². The maximum absolute atomic E-state index is 13.7. The van der Waals surface area contributed by atoms with Crippen LogP contribution in [0.4, 0.5) is 14.5 Å². The fourth-order valence-corrected chi connectivity index (χ4v) is 2.99. The molecule has 1 unspecified atom stereocenters. The van der Waals surface area contributed by atoms with E-state index in [9.17, 15) is 23.5 Å². The second-order valence-corrected chi connectivity index (χ2v) is 6.47. The van der Waals surface area contributed by atoms with Gasteiger partial charge in [-0.1, -0.05) is 13.8 Å². The van der Waals surface area contributed by atoms with Gasteiger partial charge in [-0.2, -0.15) is 0 Å². The van der Waals surface area contributed by atoms with E-state index >= 15 is 0 Å². The molecule has 1 aliphatic heterocycles.